The number of nitrogens with zero attached hydrogens (tertiary/aromatic N) is 3. The molecule has 24 heavy (non-hydrogen) atoms. The first-order chi connectivity index (χ1) is 11.4. The van der Waals surface area contributed by atoms with Gasteiger partial charge in [-0.3, -0.25) is 14.9 Å². The number of likely N-dealkylation sites (tertiary alicyclic amines) is 1. The van der Waals surface area contributed by atoms with Gasteiger partial charge in [-0.2, -0.15) is 5.10 Å². The van der Waals surface area contributed by atoms with Crippen LogP contribution in [0.2, 0.25) is 0 Å². The van der Waals surface area contributed by atoms with Crippen LogP contribution in [0.3, 0.4) is 0 Å². The normalized spacial score (nSPS) is 18.5. The molecule has 0 radical (unpaired) electrons. The number of amides is 1. The van der Waals surface area contributed by atoms with E-state index in [1.54, 1.807) is 24.5 Å². The van der Waals surface area contributed by atoms with Crippen molar-refractivity contribution in [3.63, 3.8) is 0 Å². The molecule has 1 saturated heterocycles. The van der Waals surface area contributed by atoms with Crippen LogP contribution in [-0.2, 0) is 16.3 Å². The van der Waals surface area contributed by atoms with Gasteiger partial charge in [0.25, 0.3) is 5.91 Å². The third-order valence-corrected chi connectivity index (χ3v) is 5.44. The summed E-state index contributed by atoms with van der Waals surface area (Å²) >= 11 is 0. The second-order valence-corrected chi connectivity index (χ2v) is 8.17. The van der Waals surface area contributed by atoms with Gasteiger partial charge in [0.15, 0.2) is 9.84 Å². The maximum Gasteiger partial charge on any atom is 0.255 e. The van der Waals surface area contributed by atoms with Gasteiger partial charge in [0.1, 0.15) is 4.90 Å². The van der Waals surface area contributed by atoms with E-state index in [4.69, 9.17) is 0 Å². The zero-order valence-electron chi connectivity index (χ0n) is 13.5. The van der Waals surface area contributed by atoms with Crippen LogP contribution in [0.4, 0.5) is 0 Å². The van der Waals surface area contributed by atoms with Crippen molar-refractivity contribution < 1.29 is 13.2 Å². The summed E-state index contributed by atoms with van der Waals surface area (Å²) in [6.07, 6.45) is 8.17. The van der Waals surface area contributed by atoms with Crippen LogP contribution in [0, 0.1) is 5.92 Å². The fraction of sp³-hybridized carbons (Fsp3) is 0.438. The van der Waals surface area contributed by atoms with Gasteiger partial charge in [0.2, 0.25) is 0 Å². The van der Waals surface area contributed by atoms with Gasteiger partial charge in [-0.25, -0.2) is 8.42 Å². The summed E-state index contributed by atoms with van der Waals surface area (Å²) < 4.78 is 23.6. The molecule has 0 aliphatic carbocycles. The van der Waals surface area contributed by atoms with Crippen LogP contribution >= 0.6 is 0 Å². The molecule has 1 aliphatic heterocycles. The third-order valence-electron chi connectivity index (χ3n) is 4.29. The number of sulfone groups is 1. The number of piperidine rings is 1. The minimum Gasteiger partial charge on any atom is -0.338 e. The van der Waals surface area contributed by atoms with E-state index in [1.807, 2.05) is 4.90 Å². The van der Waals surface area contributed by atoms with Gasteiger partial charge in [0.05, 0.1) is 17.5 Å². The topological polar surface area (TPSA) is 96.0 Å². The Morgan fingerprint density at radius 1 is 1.42 bits per heavy atom. The maximum absolute atomic E-state index is 12.5. The fourth-order valence-corrected chi connectivity index (χ4v) is 3.96. The van der Waals surface area contributed by atoms with E-state index in [-0.39, 0.29) is 16.7 Å². The lowest BCUT2D eigenvalue weighted by atomic mass is 9.93. The van der Waals surface area contributed by atoms with E-state index in [0.29, 0.717) is 30.8 Å². The number of rotatable bonds is 4. The van der Waals surface area contributed by atoms with Crippen LogP contribution in [0.5, 0.6) is 0 Å². The number of carbonyl (C=O) groups excluding carboxylic acids is 1. The fourth-order valence-electron chi connectivity index (χ4n) is 3.14. The van der Waals surface area contributed by atoms with Crippen molar-refractivity contribution >= 4 is 15.7 Å². The second kappa shape index (κ2) is 6.72. The molecule has 1 aliphatic rings. The molecule has 0 bridgehead atoms. The number of carbonyl (C=O) groups is 1. The number of pyridine rings is 1. The average molecular weight is 348 g/mol. The highest BCUT2D eigenvalue weighted by molar-refractivity contribution is 7.90. The van der Waals surface area contributed by atoms with Crippen molar-refractivity contribution in [2.75, 3.05) is 19.3 Å². The first-order valence-corrected chi connectivity index (χ1v) is 9.76. The largest absolute Gasteiger partial charge is 0.338 e. The number of hydrogen-bond acceptors (Lipinski definition) is 5. The van der Waals surface area contributed by atoms with E-state index < -0.39 is 9.84 Å². The molecule has 1 fully saturated rings. The predicted molar refractivity (Wildman–Crippen MR) is 88.3 cm³/mol. The van der Waals surface area contributed by atoms with E-state index >= 15 is 0 Å². The summed E-state index contributed by atoms with van der Waals surface area (Å²) in [5.41, 5.74) is 1.20. The molecule has 1 atom stereocenters. The first-order valence-electron chi connectivity index (χ1n) is 7.87. The minimum atomic E-state index is -3.30. The second-order valence-electron chi connectivity index (χ2n) is 6.19. The van der Waals surface area contributed by atoms with Gasteiger partial charge in [-0.1, -0.05) is 0 Å². The Bertz CT molecular complexity index is 817. The zero-order valence-corrected chi connectivity index (χ0v) is 14.3. The van der Waals surface area contributed by atoms with E-state index in [1.165, 1.54) is 12.5 Å². The molecule has 0 saturated carbocycles. The lowest BCUT2D eigenvalue weighted by Gasteiger charge is -2.32. The molecule has 0 spiro atoms. The molecule has 3 rings (SSSR count). The SMILES string of the molecule is CS(=O)(=O)c1cn[nH]c1C[C@H]1CCCN(C(=O)c2cccnc2)C1. The lowest BCUT2D eigenvalue weighted by Crippen LogP contribution is -2.40. The predicted octanol–water partition coefficient (Wildman–Crippen LogP) is 1.30. The molecule has 2 aromatic rings. The highest BCUT2D eigenvalue weighted by Gasteiger charge is 2.27. The Balaban J connectivity index is 1.71. The van der Waals surface area contributed by atoms with Crippen LogP contribution in [0.15, 0.2) is 35.6 Å². The Morgan fingerprint density at radius 2 is 2.25 bits per heavy atom. The molecule has 8 heteroatoms. The molecule has 7 nitrogen and oxygen atoms in total. The number of hydrogen-bond donors (Lipinski definition) is 1. The maximum atomic E-state index is 12.5. The summed E-state index contributed by atoms with van der Waals surface area (Å²) in [5, 5.41) is 6.66. The average Bonchev–Trinajstić information content (AvgIpc) is 3.04. The van der Waals surface area contributed by atoms with Gasteiger partial charge < -0.3 is 4.90 Å². The van der Waals surface area contributed by atoms with Crippen LogP contribution in [0.1, 0.15) is 28.9 Å². The summed E-state index contributed by atoms with van der Waals surface area (Å²) in [5.74, 6) is 0.182. The Labute approximate surface area is 141 Å². The van der Waals surface area contributed by atoms with Gasteiger partial charge in [-0.05, 0) is 37.3 Å². The van der Waals surface area contributed by atoms with E-state index in [9.17, 15) is 13.2 Å². The molecule has 128 valence electrons. The van der Waals surface area contributed by atoms with Crippen molar-refractivity contribution in [1.29, 1.82) is 0 Å². The number of H-pyrrole nitrogens is 1. The van der Waals surface area contributed by atoms with Crippen molar-refractivity contribution in [2.24, 2.45) is 5.92 Å². The molecule has 2 aromatic heterocycles. The van der Waals surface area contributed by atoms with Crippen molar-refractivity contribution in [1.82, 2.24) is 20.1 Å². The summed E-state index contributed by atoms with van der Waals surface area (Å²) in [6, 6.07) is 3.51. The lowest BCUT2D eigenvalue weighted by molar-refractivity contribution is 0.0672. The highest BCUT2D eigenvalue weighted by Crippen LogP contribution is 2.24. The van der Waals surface area contributed by atoms with Crippen LogP contribution in [0.25, 0.3) is 0 Å². The highest BCUT2D eigenvalue weighted by atomic mass is 32.2. The molecule has 0 unspecified atom stereocenters. The summed E-state index contributed by atoms with van der Waals surface area (Å²) in [7, 11) is -3.30. The van der Waals surface area contributed by atoms with Crippen molar-refractivity contribution in [3.05, 3.63) is 42.0 Å². The zero-order chi connectivity index (χ0) is 17.2. The van der Waals surface area contributed by atoms with Crippen LogP contribution in [-0.4, -0.2) is 53.8 Å². The van der Waals surface area contributed by atoms with E-state index in [2.05, 4.69) is 15.2 Å². The smallest absolute Gasteiger partial charge is 0.255 e. The number of aromatic nitrogens is 3. The monoisotopic (exact) mass is 348 g/mol. The van der Waals surface area contributed by atoms with Gasteiger partial charge >= 0.3 is 0 Å². The molecular formula is C16H20N4O3S. The summed E-state index contributed by atoms with van der Waals surface area (Å²) in [6.45, 7) is 1.32. The summed E-state index contributed by atoms with van der Waals surface area (Å²) in [4.78, 5) is 18.6. The van der Waals surface area contributed by atoms with Gasteiger partial charge in [0, 0.05) is 31.7 Å². The Morgan fingerprint density at radius 3 is 2.96 bits per heavy atom. The standard InChI is InChI=1S/C16H20N4O3S/c1-24(22,23)15-10-18-19-14(15)8-12-4-3-7-20(11-12)16(21)13-5-2-6-17-9-13/h2,5-6,9-10,12H,3-4,7-8,11H2,1H3,(H,18,19)/t12-/m1/s1. The Kier molecular flexibility index (Phi) is 4.66. The molecule has 1 amide bonds. The molecule has 1 N–H and O–H groups in total. The number of nitrogens with one attached hydrogen (secondary N) is 1. The third kappa shape index (κ3) is 3.64. The molecule has 3 heterocycles. The minimum absolute atomic E-state index is 0.0271. The molecular weight excluding hydrogens is 328 g/mol. The van der Waals surface area contributed by atoms with E-state index in [0.717, 1.165) is 12.8 Å². The number of aromatic amines is 1. The van der Waals surface area contributed by atoms with Gasteiger partial charge in [-0.15, -0.1) is 0 Å². The Hall–Kier alpha value is -2.22. The van der Waals surface area contributed by atoms with Crippen LogP contribution < -0.4 is 0 Å². The van der Waals surface area contributed by atoms with Crippen molar-refractivity contribution in [3.8, 4) is 0 Å². The molecule has 0 aromatic carbocycles. The first kappa shape index (κ1) is 16.6. The van der Waals surface area contributed by atoms with Crippen molar-refractivity contribution in [2.45, 2.75) is 24.2 Å². The quantitative estimate of drug-likeness (QED) is 0.898.